The fourth-order valence-corrected chi connectivity index (χ4v) is 9.99. The standard InChI is InChI=1S/C58H105NO18/c1-3-5-7-9-11-13-15-16-17-18-19-20-21-22-23-24-26-28-30-32-34-36-46(64)59-41(42(63)35-33-31-29-27-25-14-12-10-8-6-4-2)40-72-56-52(70)49(67)54(44(38-61)74-56)77-58-53(71)50(68)55(45(39-62)75-58)76-57-51(69)48(66)47(65)43(37-60)73-57/h8,10,25,27,33,35,41-45,47-58,60-63,65-71H,3-7,9,11-24,26,28-32,34,36-40H2,1-2H3,(H,59,64)/b10-8+,27-25+,35-33+. The summed E-state index contributed by atoms with van der Waals surface area (Å²) < 4.78 is 34.2. The maximum atomic E-state index is 13.3. The molecule has 0 aliphatic carbocycles. The van der Waals surface area contributed by atoms with Gasteiger partial charge in [0, 0.05) is 6.42 Å². The highest BCUT2D eigenvalue weighted by Gasteiger charge is 2.53. The molecule has 3 aliphatic rings. The molecular formula is C58H105NO18. The van der Waals surface area contributed by atoms with E-state index in [2.05, 4.69) is 43.5 Å². The van der Waals surface area contributed by atoms with Crippen LogP contribution in [-0.4, -0.2) is 193 Å². The second kappa shape index (κ2) is 41.9. The highest BCUT2D eigenvalue weighted by atomic mass is 16.8. The third-order valence-electron chi connectivity index (χ3n) is 14.9. The first-order valence-electron chi connectivity index (χ1n) is 29.7. The number of rotatable bonds is 43. The van der Waals surface area contributed by atoms with Gasteiger partial charge in [-0.25, -0.2) is 0 Å². The number of allylic oxidation sites excluding steroid dienone is 5. The molecule has 17 unspecified atom stereocenters. The largest absolute Gasteiger partial charge is 0.394 e. The van der Waals surface area contributed by atoms with E-state index in [1.165, 1.54) is 109 Å². The van der Waals surface area contributed by atoms with Crippen molar-refractivity contribution in [3.05, 3.63) is 36.5 Å². The second-order valence-corrected chi connectivity index (χ2v) is 21.4. The topological polar surface area (TPSA) is 307 Å². The van der Waals surface area contributed by atoms with Gasteiger partial charge in [0.15, 0.2) is 18.9 Å². The summed E-state index contributed by atoms with van der Waals surface area (Å²) in [6.07, 6.45) is 17.2. The summed E-state index contributed by atoms with van der Waals surface area (Å²) in [5.41, 5.74) is 0. The Hall–Kier alpha value is -1.99. The Morgan fingerprint density at radius 1 is 0.455 bits per heavy atom. The Labute approximate surface area is 460 Å². The number of aliphatic hydroxyl groups excluding tert-OH is 11. The van der Waals surface area contributed by atoms with Crippen molar-refractivity contribution in [3.8, 4) is 0 Å². The third kappa shape index (κ3) is 26.2. The number of hydrogen-bond acceptors (Lipinski definition) is 18. The molecule has 0 spiro atoms. The van der Waals surface area contributed by atoms with Crippen LogP contribution in [0.2, 0.25) is 0 Å². The zero-order valence-corrected chi connectivity index (χ0v) is 46.7. The van der Waals surface area contributed by atoms with Crippen molar-refractivity contribution in [1.82, 2.24) is 5.32 Å². The average Bonchev–Trinajstić information content (AvgIpc) is 3.42. The molecule has 0 aromatic rings. The first-order chi connectivity index (χ1) is 37.3. The van der Waals surface area contributed by atoms with Crippen molar-refractivity contribution in [1.29, 1.82) is 0 Å². The Morgan fingerprint density at radius 3 is 1.27 bits per heavy atom. The summed E-state index contributed by atoms with van der Waals surface area (Å²) >= 11 is 0. The predicted molar refractivity (Wildman–Crippen MR) is 291 cm³/mol. The molecule has 19 nitrogen and oxygen atoms in total. The summed E-state index contributed by atoms with van der Waals surface area (Å²) in [6.45, 7) is 1.61. The summed E-state index contributed by atoms with van der Waals surface area (Å²) in [5, 5.41) is 120. The van der Waals surface area contributed by atoms with Gasteiger partial charge in [-0.1, -0.05) is 185 Å². The van der Waals surface area contributed by atoms with Gasteiger partial charge >= 0.3 is 0 Å². The fourth-order valence-electron chi connectivity index (χ4n) is 9.99. The fraction of sp³-hybridized carbons (Fsp3) is 0.879. The maximum absolute atomic E-state index is 13.3. The van der Waals surface area contributed by atoms with E-state index in [-0.39, 0.29) is 18.9 Å². The van der Waals surface area contributed by atoms with Gasteiger partial charge in [0.25, 0.3) is 0 Å². The van der Waals surface area contributed by atoms with Gasteiger partial charge in [0.1, 0.15) is 73.2 Å². The van der Waals surface area contributed by atoms with E-state index in [1.54, 1.807) is 6.08 Å². The number of ether oxygens (including phenoxy) is 6. The number of carbonyl (C=O) groups excluding carboxylic acids is 1. The molecule has 1 amide bonds. The molecule has 3 saturated heterocycles. The maximum Gasteiger partial charge on any atom is 0.220 e. The van der Waals surface area contributed by atoms with Crippen LogP contribution in [0.25, 0.3) is 0 Å². The molecule has 3 rings (SSSR count). The Bertz CT molecular complexity index is 1550. The van der Waals surface area contributed by atoms with E-state index in [1.807, 2.05) is 6.08 Å². The van der Waals surface area contributed by atoms with E-state index in [0.29, 0.717) is 12.8 Å². The predicted octanol–water partition coefficient (Wildman–Crippen LogP) is 4.93. The highest BCUT2D eigenvalue weighted by molar-refractivity contribution is 5.76. The molecule has 3 heterocycles. The van der Waals surface area contributed by atoms with Crippen LogP contribution in [0.3, 0.4) is 0 Å². The number of carbonyl (C=O) groups is 1. The van der Waals surface area contributed by atoms with Gasteiger partial charge in [0.2, 0.25) is 5.91 Å². The van der Waals surface area contributed by atoms with E-state index in [0.717, 1.165) is 51.4 Å². The molecule has 3 aliphatic heterocycles. The van der Waals surface area contributed by atoms with Crippen LogP contribution in [0.4, 0.5) is 0 Å². The van der Waals surface area contributed by atoms with Crippen molar-refractivity contribution < 1.29 is 89.4 Å². The number of unbranched alkanes of at least 4 members (excludes halogenated alkanes) is 23. The molecule has 17 atom stereocenters. The SMILES string of the molecule is CCC/C=C/CC/C=C/CC/C=C/C(O)C(COC1OC(CO)C(OC2OC(CO)C(OC3OC(CO)C(O)C(O)C3O)C(O)C2O)C(O)C1O)NC(=O)CCCCCCCCCCCCCCCCCCCCCCC. The molecule has 12 N–H and O–H groups in total. The van der Waals surface area contributed by atoms with E-state index >= 15 is 0 Å². The minimum absolute atomic E-state index is 0.235. The van der Waals surface area contributed by atoms with Gasteiger partial charge < -0.3 is 89.9 Å². The number of nitrogens with one attached hydrogen (secondary N) is 1. The summed E-state index contributed by atoms with van der Waals surface area (Å²) in [6, 6.07) is -0.991. The minimum atomic E-state index is -1.98. The number of aliphatic hydroxyl groups is 11. The summed E-state index contributed by atoms with van der Waals surface area (Å²) in [7, 11) is 0. The molecule has 0 aromatic heterocycles. The quantitative estimate of drug-likeness (QED) is 0.0285. The second-order valence-electron chi connectivity index (χ2n) is 21.4. The minimum Gasteiger partial charge on any atom is -0.394 e. The van der Waals surface area contributed by atoms with E-state index in [9.17, 15) is 61.0 Å². The molecule has 0 aromatic carbocycles. The summed E-state index contributed by atoms with van der Waals surface area (Å²) in [4.78, 5) is 13.3. The molecule has 3 fully saturated rings. The van der Waals surface area contributed by atoms with Gasteiger partial charge in [0.05, 0.1) is 38.6 Å². The van der Waals surface area contributed by atoms with Crippen molar-refractivity contribution in [2.75, 3.05) is 26.4 Å². The van der Waals surface area contributed by atoms with Gasteiger partial charge in [-0.05, 0) is 38.5 Å². The van der Waals surface area contributed by atoms with Crippen LogP contribution >= 0.6 is 0 Å². The Kier molecular flexibility index (Phi) is 37.7. The van der Waals surface area contributed by atoms with Crippen molar-refractivity contribution in [2.24, 2.45) is 0 Å². The van der Waals surface area contributed by atoms with Gasteiger partial charge in [-0.15, -0.1) is 0 Å². The van der Waals surface area contributed by atoms with Crippen molar-refractivity contribution in [3.63, 3.8) is 0 Å². The first-order valence-corrected chi connectivity index (χ1v) is 29.7. The highest BCUT2D eigenvalue weighted by Crippen LogP contribution is 2.33. The van der Waals surface area contributed by atoms with Gasteiger partial charge in [-0.2, -0.15) is 0 Å². The van der Waals surface area contributed by atoms with Crippen LogP contribution < -0.4 is 5.32 Å². The molecule has 450 valence electrons. The van der Waals surface area contributed by atoms with Crippen LogP contribution in [-0.2, 0) is 33.2 Å². The number of hydrogen-bond donors (Lipinski definition) is 12. The average molecular weight is 1100 g/mol. The normalized spacial score (nSPS) is 30.9. The lowest BCUT2D eigenvalue weighted by atomic mass is 9.96. The molecule has 19 heteroatoms. The Balaban J connectivity index is 1.48. The Morgan fingerprint density at radius 2 is 0.831 bits per heavy atom. The zero-order chi connectivity index (χ0) is 56.2. The van der Waals surface area contributed by atoms with Crippen LogP contribution in [0.5, 0.6) is 0 Å². The van der Waals surface area contributed by atoms with Crippen LogP contribution in [0.15, 0.2) is 36.5 Å². The first kappa shape index (κ1) is 69.3. The third-order valence-corrected chi connectivity index (χ3v) is 14.9. The van der Waals surface area contributed by atoms with E-state index in [4.69, 9.17) is 28.4 Å². The molecule has 77 heavy (non-hydrogen) atoms. The van der Waals surface area contributed by atoms with Crippen molar-refractivity contribution in [2.45, 2.75) is 298 Å². The van der Waals surface area contributed by atoms with Gasteiger partial charge in [-0.3, -0.25) is 4.79 Å². The number of amides is 1. The monoisotopic (exact) mass is 1100 g/mol. The molecule has 0 radical (unpaired) electrons. The lowest BCUT2D eigenvalue weighted by Crippen LogP contribution is -2.66. The smallest absolute Gasteiger partial charge is 0.220 e. The zero-order valence-electron chi connectivity index (χ0n) is 46.7. The van der Waals surface area contributed by atoms with E-state index < -0.39 is 124 Å². The molecule has 0 bridgehead atoms. The van der Waals surface area contributed by atoms with Crippen LogP contribution in [0, 0.1) is 0 Å². The molecule has 0 saturated carbocycles. The molecular weight excluding hydrogens is 999 g/mol. The van der Waals surface area contributed by atoms with Crippen LogP contribution in [0.1, 0.15) is 194 Å². The lowest BCUT2D eigenvalue weighted by Gasteiger charge is -2.48. The summed E-state index contributed by atoms with van der Waals surface area (Å²) in [5.74, 6) is -0.290. The van der Waals surface area contributed by atoms with Crippen molar-refractivity contribution >= 4 is 5.91 Å². The lowest BCUT2D eigenvalue weighted by molar-refractivity contribution is -0.379.